The number of allylic oxidation sites excluding steroid dienone is 2. The molecule has 5 aliphatic carbocycles. The van der Waals surface area contributed by atoms with Gasteiger partial charge in [-0.25, -0.2) is 4.79 Å². The minimum Gasteiger partial charge on any atom is -0.479 e. The van der Waals surface area contributed by atoms with Crippen LogP contribution in [0, 0.1) is 56.2 Å². The average Bonchev–Trinajstić information content (AvgIpc) is 3.25. The van der Waals surface area contributed by atoms with Gasteiger partial charge >= 0.3 is 11.9 Å². The van der Waals surface area contributed by atoms with Gasteiger partial charge in [-0.1, -0.05) is 67.0 Å². The summed E-state index contributed by atoms with van der Waals surface area (Å²) >= 11 is 0. The summed E-state index contributed by atoms with van der Waals surface area (Å²) in [6.07, 6.45) is -14.8. The first-order valence-corrected chi connectivity index (χ1v) is 23.5. The van der Waals surface area contributed by atoms with Crippen LogP contribution in [-0.4, -0.2) is 168 Å². The quantitative estimate of drug-likeness (QED) is 0.0770. The molecule has 10 N–H and O–H groups in total. The first-order valence-electron chi connectivity index (χ1n) is 23.5. The first kappa shape index (κ1) is 50.7. The smallest absolute Gasteiger partial charge is 0.335 e. The van der Waals surface area contributed by atoms with Gasteiger partial charge < -0.3 is 74.7 Å². The molecule has 370 valence electrons. The third-order valence-electron chi connectivity index (χ3n) is 18.8. The maximum atomic E-state index is 13.1. The van der Waals surface area contributed by atoms with Crippen molar-refractivity contribution in [2.45, 2.75) is 186 Å². The van der Waals surface area contributed by atoms with Crippen molar-refractivity contribution in [1.29, 1.82) is 0 Å². The Morgan fingerprint density at radius 1 is 0.862 bits per heavy atom. The summed E-state index contributed by atoms with van der Waals surface area (Å²) in [4.78, 5) is 38.4. The molecule has 22 atom stereocenters. The number of rotatable bonds is 11. The van der Waals surface area contributed by atoms with E-state index in [4.69, 9.17) is 23.7 Å². The largest absolute Gasteiger partial charge is 0.479 e. The molecule has 18 nitrogen and oxygen atoms in total. The van der Waals surface area contributed by atoms with Crippen molar-refractivity contribution in [3.8, 4) is 0 Å². The van der Waals surface area contributed by atoms with Gasteiger partial charge in [-0.2, -0.15) is 0 Å². The number of esters is 1. The van der Waals surface area contributed by atoms with Crippen molar-refractivity contribution in [1.82, 2.24) is 0 Å². The zero-order valence-corrected chi connectivity index (χ0v) is 38.9. The molecule has 2 heterocycles. The number of carbonyl (C=O) groups is 3. The minimum atomic E-state index is -2.06. The molecule has 6 fully saturated rings. The monoisotopic (exact) mass is 926 g/mol. The van der Waals surface area contributed by atoms with E-state index in [0.29, 0.717) is 44.9 Å². The number of fused-ring (bicyclic) bond motifs is 7. The number of carboxylic acid groups (broad SMARTS) is 1. The summed E-state index contributed by atoms with van der Waals surface area (Å²) in [6, 6.07) is 0. The second-order valence-corrected chi connectivity index (χ2v) is 22.3. The summed E-state index contributed by atoms with van der Waals surface area (Å²) in [5, 5.41) is 110. The molecule has 0 bridgehead atoms. The molecular formula is C47H74O18. The van der Waals surface area contributed by atoms with Crippen molar-refractivity contribution >= 4 is 17.7 Å². The second-order valence-electron chi connectivity index (χ2n) is 22.3. The number of Topliss-reactive ketones (excluding diaryl/α,β-unsaturated/α-hetero) is 1. The van der Waals surface area contributed by atoms with Crippen LogP contribution in [0.1, 0.15) is 107 Å². The number of hydrogen-bond acceptors (Lipinski definition) is 17. The predicted octanol–water partition coefficient (Wildman–Crippen LogP) is 0.572. The Hall–Kier alpha value is -2.17. The lowest BCUT2D eigenvalue weighted by Gasteiger charge is -2.72. The van der Waals surface area contributed by atoms with E-state index in [2.05, 4.69) is 26.8 Å². The van der Waals surface area contributed by atoms with E-state index in [-0.39, 0.29) is 30.8 Å². The minimum absolute atomic E-state index is 0.0272. The topological polar surface area (TPSA) is 300 Å². The molecule has 22 unspecified atom stereocenters. The Kier molecular flexibility index (Phi) is 13.8. The zero-order chi connectivity index (χ0) is 48.1. The van der Waals surface area contributed by atoms with Crippen LogP contribution in [0.2, 0.25) is 0 Å². The van der Waals surface area contributed by atoms with Crippen LogP contribution in [0.4, 0.5) is 0 Å². The van der Waals surface area contributed by atoms with Crippen LogP contribution in [0.3, 0.4) is 0 Å². The highest BCUT2D eigenvalue weighted by Gasteiger charge is 2.73. The van der Waals surface area contributed by atoms with Crippen molar-refractivity contribution < 1.29 is 89.1 Å². The fraction of sp³-hybridized carbons (Fsp3) is 0.894. The Morgan fingerprint density at radius 3 is 2.14 bits per heavy atom. The van der Waals surface area contributed by atoms with Crippen molar-refractivity contribution in [3.05, 3.63) is 11.6 Å². The van der Waals surface area contributed by atoms with Gasteiger partial charge in [0, 0.05) is 10.8 Å². The maximum absolute atomic E-state index is 13.1. The van der Waals surface area contributed by atoms with Crippen LogP contribution >= 0.6 is 0 Å². The van der Waals surface area contributed by atoms with Gasteiger partial charge in [-0.3, -0.25) is 9.59 Å². The number of hydrogen-bond donors (Lipinski definition) is 10. The lowest BCUT2D eigenvalue weighted by molar-refractivity contribution is -0.347. The van der Waals surface area contributed by atoms with Gasteiger partial charge in [-0.15, -0.1) is 0 Å². The molecule has 65 heavy (non-hydrogen) atoms. The Labute approximate surface area is 380 Å². The molecule has 0 radical (unpaired) electrons. The number of ether oxygens (including phenoxy) is 5. The van der Waals surface area contributed by atoms with Crippen LogP contribution in [0.5, 0.6) is 0 Å². The molecule has 0 amide bonds. The van der Waals surface area contributed by atoms with Crippen molar-refractivity contribution in [3.63, 3.8) is 0 Å². The molecular weight excluding hydrogens is 852 g/mol. The van der Waals surface area contributed by atoms with Crippen LogP contribution in [0.25, 0.3) is 0 Å². The Morgan fingerprint density at radius 2 is 1.54 bits per heavy atom. The third-order valence-corrected chi connectivity index (χ3v) is 18.8. The number of carbonyl (C=O) groups excluding carboxylic acids is 2. The summed E-state index contributed by atoms with van der Waals surface area (Å²) < 4.78 is 29.2. The number of aliphatic carboxylic acids is 1. The average molecular weight is 927 g/mol. The number of aliphatic hydroxyl groups is 9. The highest BCUT2D eigenvalue weighted by Crippen LogP contribution is 2.76. The zero-order valence-electron chi connectivity index (χ0n) is 38.9. The molecule has 4 saturated carbocycles. The molecule has 7 rings (SSSR count). The maximum Gasteiger partial charge on any atom is 0.335 e. The molecule has 0 aromatic heterocycles. The number of aliphatic hydroxyl groups excluding tert-OH is 9. The summed E-state index contributed by atoms with van der Waals surface area (Å²) in [6.45, 7) is 14.5. The molecule has 0 spiro atoms. The number of carboxylic acids is 1. The van der Waals surface area contributed by atoms with E-state index in [1.165, 1.54) is 0 Å². The van der Waals surface area contributed by atoms with E-state index in [9.17, 15) is 65.4 Å². The standard InChI is InChI=1S/C47H74O18/c1-9-21(2)39(60)65-37-36(57)47(20-50)23(16-42(37,3)4)22-10-11-26-43(5)14-13-28(44(6,19-49)25(43)12-15-45(26,7)46(22,8)17-27(47)51)62-41-33(56)34(32(55)35(64-41)38(58)59)63-40-31(54)30(53)29(52)24(18-48)61-40/h10,21,23-30,32-37,40-41,48-53,55-57H,9,11-20H2,1-8H3,(H,58,59). The van der Waals surface area contributed by atoms with Gasteiger partial charge in [0.15, 0.2) is 12.4 Å². The van der Waals surface area contributed by atoms with Gasteiger partial charge in [0.25, 0.3) is 0 Å². The fourth-order valence-corrected chi connectivity index (χ4v) is 14.4. The van der Waals surface area contributed by atoms with Gasteiger partial charge in [0.2, 0.25) is 12.1 Å². The van der Waals surface area contributed by atoms with Crippen LogP contribution in [-0.2, 0) is 38.1 Å². The van der Waals surface area contributed by atoms with E-state index in [1.807, 2.05) is 27.7 Å². The van der Waals surface area contributed by atoms with Crippen LogP contribution < -0.4 is 0 Å². The van der Waals surface area contributed by atoms with E-state index in [1.54, 1.807) is 6.92 Å². The molecule has 7 aliphatic rings. The van der Waals surface area contributed by atoms with Crippen molar-refractivity contribution in [2.75, 3.05) is 19.8 Å². The lowest BCUT2D eigenvalue weighted by atomic mass is 9.33. The van der Waals surface area contributed by atoms with Crippen molar-refractivity contribution in [2.24, 2.45) is 56.2 Å². The summed E-state index contributed by atoms with van der Waals surface area (Å²) in [5.74, 6) is -4.18. The molecule has 0 aromatic rings. The fourth-order valence-electron chi connectivity index (χ4n) is 14.4. The Bertz CT molecular complexity index is 1840. The SMILES string of the molecule is CCC(C)C(=O)OC1C(O)C2(CO)C(O)CC3(C)C(=CCC4C5(C)CCC(OC6OC(C(=O)O)C(O)C(OC7OC(CO)C(O)C(O)C7=O)C6O)C(C)(CO)C5CCC43C)C2CC1(C)C. The van der Waals surface area contributed by atoms with E-state index >= 15 is 0 Å². The van der Waals surface area contributed by atoms with Gasteiger partial charge in [0.05, 0.1) is 43.4 Å². The summed E-state index contributed by atoms with van der Waals surface area (Å²) in [7, 11) is 0. The molecule has 18 heteroatoms. The van der Waals surface area contributed by atoms with E-state index < -0.39 is 149 Å². The second kappa shape index (κ2) is 17.7. The third kappa shape index (κ3) is 7.50. The molecule has 0 aromatic carbocycles. The van der Waals surface area contributed by atoms with Gasteiger partial charge in [-0.05, 0) is 85.4 Å². The van der Waals surface area contributed by atoms with E-state index in [0.717, 1.165) is 5.57 Å². The molecule has 2 aliphatic heterocycles. The normalized spacial score (nSPS) is 51.0. The lowest BCUT2D eigenvalue weighted by Crippen LogP contribution is -2.72. The predicted molar refractivity (Wildman–Crippen MR) is 226 cm³/mol. The first-order chi connectivity index (χ1) is 30.3. The highest BCUT2D eigenvalue weighted by atomic mass is 16.7. The van der Waals surface area contributed by atoms with Gasteiger partial charge in [0.1, 0.15) is 48.8 Å². The Balaban J connectivity index is 1.16. The van der Waals surface area contributed by atoms with Crippen LogP contribution in [0.15, 0.2) is 11.6 Å². The number of ketones is 1. The molecule has 2 saturated heterocycles. The highest BCUT2D eigenvalue weighted by molar-refractivity contribution is 5.87. The summed E-state index contributed by atoms with van der Waals surface area (Å²) in [5.41, 5.74) is -3.37.